The molecule has 5 heteroatoms. The fourth-order valence-electron chi connectivity index (χ4n) is 3.73. The van der Waals surface area contributed by atoms with Crippen molar-refractivity contribution in [3.63, 3.8) is 0 Å². The fourth-order valence-corrected chi connectivity index (χ4v) is 3.73. The molecule has 4 nitrogen and oxygen atoms in total. The third-order valence-corrected chi connectivity index (χ3v) is 5.05. The number of carbonyl (C=O) groups is 1. The van der Waals surface area contributed by atoms with E-state index in [2.05, 4.69) is 0 Å². The molecule has 1 saturated heterocycles. The summed E-state index contributed by atoms with van der Waals surface area (Å²) in [5.74, 6) is -1.11. The summed E-state index contributed by atoms with van der Waals surface area (Å²) < 4.78 is 13.9. The van der Waals surface area contributed by atoms with Gasteiger partial charge < -0.3 is 10.0 Å². The molecule has 2 unspecified atom stereocenters. The highest BCUT2D eigenvalue weighted by Crippen LogP contribution is 2.35. The topological polar surface area (TPSA) is 43.8 Å². The van der Waals surface area contributed by atoms with Crippen LogP contribution in [0, 0.1) is 5.82 Å². The molecule has 0 radical (unpaired) electrons. The lowest BCUT2D eigenvalue weighted by atomic mass is 9.91. The molecule has 2 aromatic rings. The predicted molar refractivity (Wildman–Crippen MR) is 101 cm³/mol. The maximum Gasteiger partial charge on any atom is 0.320 e. The molecular formula is C21H25FN2O2. The number of carboxylic acid groups (broad SMARTS) is 1. The van der Waals surface area contributed by atoms with Crippen molar-refractivity contribution in [2.45, 2.75) is 31.3 Å². The Balaban J connectivity index is 2.05. The highest BCUT2D eigenvalue weighted by molar-refractivity contribution is 5.73. The van der Waals surface area contributed by atoms with Crippen LogP contribution in [0.4, 0.5) is 10.1 Å². The van der Waals surface area contributed by atoms with Gasteiger partial charge in [-0.2, -0.15) is 0 Å². The first-order valence-corrected chi connectivity index (χ1v) is 8.98. The van der Waals surface area contributed by atoms with E-state index in [0.717, 1.165) is 29.7 Å². The number of benzene rings is 2. The van der Waals surface area contributed by atoms with Crippen molar-refractivity contribution in [2.24, 2.45) is 0 Å². The smallest absolute Gasteiger partial charge is 0.320 e. The van der Waals surface area contributed by atoms with Crippen molar-refractivity contribution in [1.82, 2.24) is 4.90 Å². The quantitative estimate of drug-likeness (QED) is 0.882. The molecule has 1 N–H and O–H groups in total. The molecule has 0 aromatic heterocycles. The van der Waals surface area contributed by atoms with Crippen LogP contribution < -0.4 is 4.90 Å². The van der Waals surface area contributed by atoms with Gasteiger partial charge in [0.2, 0.25) is 0 Å². The van der Waals surface area contributed by atoms with Crippen molar-refractivity contribution in [3.8, 4) is 0 Å². The second-order valence-corrected chi connectivity index (χ2v) is 7.03. The third kappa shape index (κ3) is 3.88. The summed E-state index contributed by atoms with van der Waals surface area (Å²) >= 11 is 0. The van der Waals surface area contributed by atoms with E-state index in [1.54, 1.807) is 6.07 Å². The van der Waals surface area contributed by atoms with E-state index in [-0.39, 0.29) is 11.9 Å². The Bertz CT molecular complexity index is 761. The molecule has 138 valence electrons. The zero-order valence-corrected chi connectivity index (χ0v) is 15.2. The summed E-state index contributed by atoms with van der Waals surface area (Å²) in [6.45, 7) is 0.688. The highest BCUT2D eigenvalue weighted by atomic mass is 19.1. The molecule has 0 aliphatic carbocycles. The van der Waals surface area contributed by atoms with Crippen LogP contribution in [0.5, 0.6) is 0 Å². The van der Waals surface area contributed by atoms with Gasteiger partial charge in [0.1, 0.15) is 11.9 Å². The monoisotopic (exact) mass is 356 g/mol. The van der Waals surface area contributed by atoms with E-state index in [0.29, 0.717) is 13.0 Å². The minimum Gasteiger partial charge on any atom is -0.480 e. The first kappa shape index (κ1) is 18.4. The lowest BCUT2D eigenvalue weighted by Gasteiger charge is -2.39. The van der Waals surface area contributed by atoms with Gasteiger partial charge in [0, 0.05) is 19.8 Å². The van der Waals surface area contributed by atoms with Crippen LogP contribution >= 0.6 is 0 Å². The SMILES string of the molecule is CN(C)c1ccc(C(c2cccc(F)c2)N2CCCCC2C(=O)O)cc1. The molecule has 3 rings (SSSR count). The first-order chi connectivity index (χ1) is 12.5. The summed E-state index contributed by atoms with van der Waals surface area (Å²) in [5.41, 5.74) is 2.84. The number of hydrogen-bond donors (Lipinski definition) is 1. The van der Waals surface area contributed by atoms with Crippen LogP contribution in [0.1, 0.15) is 36.4 Å². The zero-order valence-electron chi connectivity index (χ0n) is 15.2. The van der Waals surface area contributed by atoms with Gasteiger partial charge in [0.25, 0.3) is 0 Å². The Morgan fingerprint density at radius 3 is 2.50 bits per heavy atom. The van der Waals surface area contributed by atoms with Crippen LogP contribution in [0.15, 0.2) is 48.5 Å². The number of carboxylic acids is 1. The molecule has 1 fully saturated rings. The van der Waals surface area contributed by atoms with Gasteiger partial charge in [-0.15, -0.1) is 0 Å². The zero-order chi connectivity index (χ0) is 18.7. The Labute approximate surface area is 153 Å². The Hall–Kier alpha value is -2.40. The molecular weight excluding hydrogens is 331 g/mol. The van der Waals surface area contributed by atoms with Crippen molar-refractivity contribution in [3.05, 3.63) is 65.5 Å². The van der Waals surface area contributed by atoms with E-state index in [1.807, 2.05) is 54.2 Å². The molecule has 2 atom stereocenters. The lowest BCUT2D eigenvalue weighted by Crippen LogP contribution is -2.46. The third-order valence-electron chi connectivity index (χ3n) is 5.05. The van der Waals surface area contributed by atoms with Gasteiger partial charge in [-0.05, 0) is 54.8 Å². The maximum absolute atomic E-state index is 13.9. The maximum atomic E-state index is 13.9. The number of likely N-dealkylation sites (tertiary alicyclic amines) is 1. The molecule has 1 aliphatic rings. The average molecular weight is 356 g/mol. The van der Waals surface area contributed by atoms with Crippen molar-refractivity contribution >= 4 is 11.7 Å². The summed E-state index contributed by atoms with van der Waals surface area (Å²) in [6.07, 6.45) is 2.48. The molecule has 0 bridgehead atoms. The molecule has 2 aromatic carbocycles. The van der Waals surface area contributed by atoms with Crippen molar-refractivity contribution < 1.29 is 14.3 Å². The number of halogens is 1. The normalized spacial score (nSPS) is 19.1. The van der Waals surface area contributed by atoms with Gasteiger partial charge >= 0.3 is 5.97 Å². The Morgan fingerprint density at radius 2 is 1.88 bits per heavy atom. The van der Waals surface area contributed by atoms with Crippen molar-refractivity contribution in [1.29, 1.82) is 0 Å². The summed E-state index contributed by atoms with van der Waals surface area (Å²) in [5, 5.41) is 9.70. The van der Waals surface area contributed by atoms with Gasteiger partial charge in [0.15, 0.2) is 0 Å². The number of rotatable bonds is 5. The van der Waals surface area contributed by atoms with Crippen LogP contribution in [-0.4, -0.2) is 42.7 Å². The van der Waals surface area contributed by atoms with Gasteiger partial charge in [-0.3, -0.25) is 9.69 Å². The van der Waals surface area contributed by atoms with Crippen LogP contribution in [0.3, 0.4) is 0 Å². The van der Waals surface area contributed by atoms with E-state index in [1.165, 1.54) is 12.1 Å². The molecule has 0 amide bonds. The minimum atomic E-state index is -0.809. The Kier molecular flexibility index (Phi) is 5.57. The number of aliphatic carboxylic acids is 1. The van der Waals surface area contributed by atoms with Gasteiger partial charge in [-0.1, -0.05) is 30.7 Å². The fraction of sp³-hybridized carbons (Fsp3) is 0.381. The second kappa shape index (κ2) is 7.87. The second-order valence-electron chi connectivity index (χ2n) is 7.03. The van der Waals surface area contributed by atoms with E-state index in [9.17, 15) is 14.3 Å². The van der Waals surface area contributed by atoms with Crippen molar-refractivity contribution in [2.75, 3.05) is 25.5 Å². The van der Waals surface area contributed by atoms with Crippen LogP contribution in [0.25, 0.3) is 0 Å². The largest absolute Gasteiger partial charge is 0.480 e. The standard InChI is InChI=1S/C21H25FN2O2/c1-23(2)18-11-9-15(10-12-18)20(16-6-5-7-17(22)14-16)24-13-4-3-8-19(24)21(25)26/h5-7,9-12,14,19-20H,3-4,8,13H2,1-2H3,(H,25,26). The van der Waals surface area contributed by atoms with Gasteiger partial charge in [-0.25, -0.2) is 4.39 Å². The van der Waals surface area contributed by atoms with E-state index in [4.69, 9.17) is 0 Å². The predicted octanol–water partition coefficient (Wildman–Crippen LogP) is 3.92. The number of piperidine rings is 1. The lowest BCUT2D eigenvalue weighted by molar-refractivity contribution is -0.145. The molecule has 1 aliphatic heterocycles. The van der Waals surface area contributed by atoms with Gasteiger partial charge in [0.05, 0.1) is 6.04 Å². The average Bonchev–Trinajstić information content (AvgIpc) is 2.63. The summed E-state index contributed by atoms with van der Waals surface area (Å²) in [7, 11) is 3.95. The summed E-state index contributed by atoms with van der Waals surface area (Å²) in [6, 6.07) is 13.7. The van der Waals surface area contributed by atoms with E-state index < -0.39 is 12.0 Å². The number of hydrogen-bond acceptors (Lipinski definition) is 3. The van der Waals surface area contributed by atoms with Crippen LogP contribution in [0.2, 0.25) is 0 Å². The first-order valence-electron chi connectivity index (χ1n) is 8.98. The van der Waals surface area contributed by atoms with Crippen LogP contribution in [-0.2, 0) is 4.79 Å². The molecule has 0 spiro atoms. The highest BCUT2D eigenvalue weighted by Gasteiger charge is 2.35. The number of nitrogens with zero attached hydrogens (tertiary/aromatic N) is 2. The summed E-state index contributed by atoms with van der Waals surface area (Å²) in [4.78, 5) is 15.8. The Morgan fingerprint density at radius 1 is 1.15 bits per heavy atom. The molecule has 1 heterocycles. The van der Waals surface area contributed by atoms with E-state index >= 15 is 0 Å². The number of anilines is 1. The minimum absolute atomic E-state index is 0.275. The molecule has 26 heavy (non-hydrogen) atoms. The molecule has 0 saturated carbocycles.